The number of aromatic nitrogens is 7. The smallest absolute Gasteiger partial charge is 0.328 e. The fourth-order valence-electron chi connectivity index (χ4n) is 8.27. The van der Waals surface area contributed by atoms with E-state index in [1.54, 1.807) is 65.1 Å². The fraction of sp³-hybridized carbons (Fsp3) is 0.425. The molecule has 4 aromatic heterocycles. The number of amides is 3. The van der Waals surface area contributed by atoms with Gasteiger partial charge in [0, 0.05) is 42.2 Å². The van der Waals surface area contributed by atoms with Crippen molar-refractivity contribution in [2.24, 2.45) is 5.92 Å². The van der Waals surface area contributed by atoms with Crippen LogP contribution in [0.25, 0.3) is 22.5 Å². The van der Waals surface area contributed by atoms with Crippen molar-refractivity contribution in [3.05, 3.63) is 78.0 Å². The van der Waals surface area contributed by atoms with Gasteiger partial charge in [-0.25, -0.2) is 28.2 Å². The number of piperidine rings is 1. The number of nitrogens with zero attached hydrogens (tertiary/aromatic N) is 11. The highest BCUT2D eigenvalue weighted by Gasteiger charge is 2.45. The second-order valence-corrected chi connectivity index (χ2v) is 15.2. The number of likely N-dealkylation sites (tertiary alicyclic amines) is 1. The van der Waals surface area contributed by atoms with E-state index in [1.807, 2.05) is 11.1 Å². The van der Waals surface area contributed by atoms with Crippen molar-refractivity contribution < 1.29 is 18.4 Å². The van der Waals surface area contributed by atoms with Gasteiger partial charge in [-0.15, -0.1) is 5.10 Å². The molecule has 2 saturated heterocycles. The number of halogens is 2. The Balaban J connectivity index is 0.858. The van der Waals surface area contributed by atoms with Crippen molar-refractivity contribution >= 4 is 34.3 Å². The highest BCUT2D eigenvalue weighted by Crippen LogP contribution is 2.42. The normalized spacial score (nSPS) is 21.8. The average Bonchev–Trinajstić information content (AvgIpc) is 3.88. The van der Waals surface area contributed by atoms with Gasteiger partial charge in [0.25, 0.3) is 5.92 Å². The molecule has 2 atom stereocenters. The molecule has 3 amide bonds. The quantitative estimate of drug-likeness (QED) is 0.174. The lowest BCUT2D eigenvalue weighted by Gasteiger charge is -2.39. The third-order valence-corrected chi connectivity index (χ3v) is 11.4. The Morgan fingerprint density at radius 1 is 1.02 bits per heavy atom. The summed E-state index contributed by atoms with van der Waals surface area (Å²) in [6.07, 6.45) is 11.9. The molecule has 17 heteroatoms. The van der Waals surface area contributed by atoms with Gasteiger partial charge in [-0.05, 0) is 88.2 Å². The standard InChI is InChI=1S/C40H41F2N13O2/c1-25(18-43)48-33-17-36(55-38-30(21-47-55)16-27(19-44)20-46-38)45-22-35(33)54-23-34(50-51-54)29-4-2-26(3-5-29)10-13-52-14-11-32(40(41,42)24-52)28-6-8-31(9-7-28)53-15-12-37(56)49-39(53)57/h6-9,16-17,20-23,25-26,29,32H,2-5,10-15,24H2,1H3,(H,45,48)(H,49,56,57)/t25-,26?,29?,32?/m1/s1. The number of imide groups is 1. The Labute approximate surface area is 327 Å². The number of anilines is 2. The van der Waals surface area contributed by atoms with E-state index in [9.17, 15) is 20.1 Å². The van der Waals surface area contributed by atoms with Crippen molar-refractivity contribution in [1.82, 2.24) is 45.0 Å². The van der Waals surface area contributed by atoms with Gasteiger partial charge < -0.3 is 5.32 Å². The molecule has 15 nitrogen and oxygen atoms in total. The number of carbonyl (C=O) groups is 2. The Kier molecular flexibility index (Phi) is 10.3. The van der Waals surface area contributed by atoms with Crippen molar-refractivity contribution in [3.63, 3.8) is 0 Å². The van der Waals surface area contributed by atoms with E-state index in [2.05, 4.69) is 48.2 Å². The minimum absolute atomic E-state index is 0.200. The van der Waals surface area contributed by atoms with Crippen LogP contribution in [0.1, 0.15) is 80.5 Å². The average molecular weight is 774 g/mol. The van der Waals surface area contributed by atoms with Gasteiger partial charge in [-0.2, -0.15) is 20.3 Å². The van der Waals surface area contributed by atoms with Gasteiger partial charge in [-0.1, -0.05) is 17.3 Å². The number of urea groups is 1. The van der Waals surface area contributed by atoms with Crippen molar-refractivity contribution in [1.29, 1.82) is 10.5 Å². The molecule has 1 unspecified atom stereocenters. The van der Waals surface area contributed by atoms with Gasteiger partial charge in [0.2, 0.25) is 5.91 Å². The molecule has 5 aromatic rings. The fourth-order valence-corrected chi connectivity index (χ4v) is 8.27. The number of hydrogen-bond donors (Lipinski definition) is 2. The molecule has 1 saturated carbocycles. The SMILES string of the molecule is C[C@H](C#N)Nc1cc(-n2ncc3cc(C#N)cnc32)ncc1-n1cc(C2CCC(CCN3CCC(c4ccc(N5CCC(=O)NC5=O)cc4)C(F)(F)C3)CC2)nn1. The van der Waals surface area contributed by atoms with Crippen LogP contribution in [0.3, 0.4) is 0 Å². The van der Waals surface area contributed by atoms with Crippen LogP contribution in [-0.4, -0.2) is 89.7 Å². The Morgan fingerprint density at radius 2 is 1.82 bits per heavy atom. The first-order valence-electron chi connectivity index (χ1n) is 19.2. The lowest BCUT2D eigenvalue weighted by Crippen LogP contribution is -2.49. The molecule has 292 valence electrons. The number of benzene rings is 1. The molecular weight excluding hydrogens is 733 g/mol. The molecule has 3 fully saturated rings. The summed E-state index contributed by atoms with van der Waals surface area (Å²) in [5, 5.41) is 38.4. The number of nitrogens with one attached hydrogen (secondary N) is 2. The molecule has 3 aliphatic rings. The van der Waals surface area contributed by atoms with Gasteiger partial charge in [0.15, 0.2) is 11.5 Å². The van der Waals surface area contributed by atoms with Crippen LogP contribution in [-0.2, 0) is 4.79 Å². The molecule has 0 radical (unpaired) electrons. The second-order valence-electron chi connectivity index (χ2n) is 15.2. The molecule has 1 aliphatic carbocycles. The van der Waals surface area contributed by atoms with E-state index < -0.39 is 23.9 Å². The summed E-state index contributed by atoms with van der Waals surface area (Å²) in [6.45, 7) is 2.95. The molecule has 8 rings (SSSR count). The number of alkyl halides is 2. The third-order valence-electron chi connectivity index (χ3n) is 11.4. The molecule has 1 aromatic carbocycles. The number of pyridine rings is 2. The topological polar surface area (TPSA) is 187 Å². The van der Waals surface area contributed by atoms with Crippen LogP contribution in [0.5, 0.6) is 0 Å². The van der Waals surface area contributed by atoms with Crippen LogP contribution < -0.4 is 15.5 Å². The maximum absolute atomic E-state index is 15.6. The van der Waals surface area contributed by atoms with E-state index >= 15 is 8.78 Å². The predicted octanol–water partition coefficient (Wildman–Crippen LogP) is 5.83. The van der Waals surface area contributed by atoms with Gasteiger partial charge in [0.1, 0.15) is 17.8 Å². The molecule has 0 bridgehead atoms. The van der Waals surface area contributed by atoms with Gasteiger partial charge >= 0.3 is 6.03 Å². The van der Waals surface area contributed by atoms with Gasteiger partial charge in [-0.3, -0.25) is 19.9 Å². The van der Waals surface area contributed by atoms with E-state index in [0.29, 0.717) is 70.5 Å². The summed E-state index contributed by atoms with van der Waals surface area (Å²) in [4.78, 5) is 36.1. The van der Waals surface area contributed by atoms with E-state index in [4.69, 9.17) is 0 Å². The Morgan fingerprint density at radius 3 is 2.56 bits per heavy atom. The Bertz CT molecular complexity index is 2370. The highest BCUT2D eigenvalue weighted by atomic mass is 19.3. The van der Waals surface area contributed by atoms with Crippen molar-refractivity contribution in [2.75, 3.05) is 36.4 Å². The summed E-state index contributed by atoms with van der Waals surface area (Å²) in [6, 6.07) is 13.5. The van der Waals surface area contributed by atoms with E-state index in [1.165, 1.54) is 11.1 Å². The molecule has 57 heavy (non-hydrogen) atoms. The second kappa shape index (κ2) is 15.7. The summed E-state index contributed by atoms with van der Waals surface area (Å²) in [5.74, 6) is -2.97. The maximum atomic E-state index is 15.6. The van der Waals surface area contributed by atoms with Crippen LogP contribution in [0, 0.1) is 28.6 Å². The summed E-state index contributed by atoms with van der Waals surface area (Å²) in [7, 11) is 0. The summed E-state index contributed by atoms with van der Waals surface area (Å²) < 4.78 is 34.4. The zero-order valence-corrected chi connectivity index (χ0v) is 31.4. The number of carbonyl (C=O) groups excluding carboxylic acids is 2. The highest BCUT2D eigenvalue weighted by molar-refractivity contribution is 6.05. The number of rotatable bonds is 10. The predicted molar refractivity (Wildman–Crippen MR) is 205 cm³/mol. The summed E-state index contributed by atoms with van der Waals surface area (Å²) >= 11 is 0. The summed E-state index contributed by atoms with van der Waals surface area (Å²) in [5.41, 5.74) is 4.21. The maximum Gasteiger partial charge on any atom is 0.328 e. The lowest BCUT2D eigenvalue weighted by atomic mass is 9.79. The molecule has 2 aliphatic heterocycles. The first-order valence-corrected chi connectivity index (χ1v) is 19.2. The number of hydrogen-bond acceptors (Lipinski definition) is 11. The molecule has 6 heterocycles. The lowest BCUT2D eigenvalue weighted by molar-refractivity contribution is -0.120. The number of fused-ring (bicyclic) bond motifs is 1. The zero-order chi connectivity index (χ0) is 39.7. The first kappa shape index (κ1) is 37.6. The minimum Gasteiger partial charge on any atom is -0.368 e. The monoisotopic (exact) mass is 773 g/mol. The Hall–Kier alpha value is -6.33. The van der Waals surface area contributed by atoms with Crippen LogP contribution in [0.2, 0.25) is 0 Å². The largest absolute Gasteiger partial charge is 0.368 e. The van der Waals surface area contributed by atoms with E-state index in [-0.39, 0.29) is 31.3 Å². The molecule has 0 spiro atoms. The zero-order valence-electron chi connectivity index (χ0n) is 31.4. The van der Waals surface area contributed by atoms with Crippen LogP contribution >= 0.6 is 0 Å². The van der Waals surface area contributed by atoms with E-state index in [0.717, 1.165) is 37.8 Å². The van der Waals surface area contributed by atoms with Gasteiger partial charge in [0.05, 0.1) is 54.1 Å². The van der Waals surface area contributed by atoms with Crippen LogP contribution in [0.4, 0.5) is 25.0 Å². The van der Waals surface area contributed by atoms with Crippen LogP contribution in [0.15, 0.2) is 61.2 Å². The minimum atomic E-state index is -2.89. The van der Waals surface area contributed by atoms with Crippen molar-refractivity contribution in [2.45, 2.75) is 75.7 Å². The van der Waals surface area contributed by atoms with Crippen molar-refractivity contribution in [3.8, 4) is 23.6 Å². The molecule has 2 N–H and O–H groups in total. The third kappa shape index (κ3) is 7.88. The molecular formula is C40H41F2N13O2. The first-order chi connectivity index (χ1) is 27.6. The number of nitriles is 2.